The summed E-state index contributed by atoms with van der Waals surface area (Å²) in [5, 5.41) is 13.2. The number of carbonyl (C=O) groups is 3. The van der Waals surface area contributed by atoms with Gasteiger partial charge >= 0.3 is 12.2 Å². The first-order chi connectivity index (χ1) is 14.9. The number of methoxy groups -OCH3 is 1. The number of pyridine rings is 1. The highest BCUT2D eigenvalue weighted by molar-refractivity contribution is 5.90. The molecule has 0 aliphatic rings. The minimum absolute atomic E-state index is 0.0273. The average molecular weight is 428 g/mol. The van der Waals surface area contributed by atoms with Crippen LogP contribution in [0.3, 0.4) is 0 Å². The Morgan fingerprint density at radius 2 is 1.68 bits per heavy atom. The number of carbonyl (C=O) groups excluding carboxylic acids is 3. The summed E-state index contributed by atoms with van der Waals surface area (Å²) in [5.41, 5.74) is 0.502. The first-order valence-corrected chi connectivity index (χ1v) is 9.49. The summed E-state index contributed by atoms with van der Waals surface area (Å²) in [6.45, 7) is 6.05. The molecule has 1 aromatic carbocycles. The molecule has 1 heterocycles. The quantitative estimate of drug-likeness (QED) is 0.625. The van der Waals surface area contributed by atoms with Gasteiger partial charge in [0.1, 0.15) is 17.2 Å². The van der Waals surface area contributed by atoms with Gasteiger partial charge in [-0.1, -0.05) is 12.1 Å². The molecule has 1 aromatic heterocycles. The van der Waals surface area contributed by atoms with Crippen LogP contribution in [0.5, 0.6) is 5.75 Å². The molecule has 0 bridgehead atoms. The smallest absolute Gasteiger partial charge is 0.415 e. The van der Waals surface area contributed by atoms with Gasteiger partial charge in [-0.15, -0.1) is 10.2 Å². The number of para-hydroxylation sites is 1. The van der Waals surface area contributed by atoms with Gasteiger partial charge in [0.15, 0.2) is 11.6 Å². The number of ether oxygens (including phenoxy) is 2. The second-order valence-electron chi connectivity index (χ2n) is 6.07. The average Bonchev–Trinajstić information content (AvgIpc) is 2.74. The van der Waals surface area contributed by atoms with Crippen LogP contribution < -0.4 is 15.4 Å². The van der Waals surface area contributed by atoms with Gasteiger partial charge in [0.05, 0.1) is 7.11 Å². The Hall–Kier alpha value is -4.02. The van der Waals surface area contributed by atoms with Gasteiger partial charge < -0.3 is 19.7 Å². The third-order valence-electron chi connectivity index (χ3n) is 3.93. The van der Waals surface area contributed by atoms with Gasteiger partial charge in [-0.2, -0.15) is 0 Å². The van der Waals surface area contributed by atoms with Crippen molar-refractivity contribution in [3.05, 3.63) is 36.4 Å². The lowest BCUT2D eigenvalue weighted by atomic mass is 10.3. The summed E-state index contributed by atoms with van der Waals surface area (Å²) in [6, 6.07) is 9.66. The van der Waals surface area contributed by atoms with Crippen LogP contribution in [-0.4, -0.2) is 48.2 Å². The maximum Gasteiger partial charge on any atom is 0.415 e. The first-order valence-electron chi connectivity index (χ1n) is 9.49. The third kappa shape index (κ3) is 6.77. The van der Waals surface area contributed by atoms with Gasteiger partial charge in [-0.05, 0) is 38.1 Å². The fourth-order valence-corrected chi connectivity index (χ4v) is 2.40. The lowest BCUT2D eigenvalue weighted by Crippen LogP contribution is -2.33. The summed E-state index contributed by atoms with van der Waals surface area (Å²) < 4.78 is 10.0. The molecule has 0 radical (unpaired) electrons. The van der Waals surface area contributed by atoms with E-state index in [0.29, 0.717) is 18.8 Å². The summed E-state index contributed by atoms with van der Waals surface area (Å²) in [6.07, 6.45) is -1.26. The number of benzene rings is 1. The number of aromatic nitrogens is 1. The van der Waals surface area contributed by atoms with E-state index in [2.05, 4.69) is 30.6 Å². The number of nitrogens with zero attached hydrogens (tertiary/aromatic N) is 4. The molecule has 0 aliphatic carbocycles. The van der Waals surface area contributed by atoms with Crippen molar-refractivity contribution in [2.45, 2.75) is 20.8 Å². The van der Waals surface area contributed by atoms with Crippen molar-refractivity contribution in [1.29, 1.82) is 0 Å². The van der Waals surface area contributed by atoms with E-state index in [1.165, 1.54) is 31.1 Å². The van der Waals surface area contributed by atoms with Crippen LogP contribution in [0.15, 0.2) is 46.6 Å². The lowest BCUT2D eigenvalue weighted by molar-refractivity contribution is -0.114. The second kappa shape index (κ2) is 11.2. The SMILES string of the molecule is CCN(CC)C(=O)Oc1ccccc1N=Nc1ccc(NC(C)=O)nc1NC(=O)OC. The lowest BCUT2D eigenvalue weighted by Gasteiger charge is -2.18. The standard InChI is InChI=1S/C20H24N6O5/c1-5-26(6-2)20(29)31-16-10-8-7-9-14(16)24-25-15-11-12-17(21-13(3)27)22-18(15)23-19(28)30-4/h7-12H,5-6H2,1-4H3,(H2,21,22,23,27,28). The Morgan fingerprint density at radius 1 is 1.00 bits per heavy atom. The summed E-state index contributed by atoms with van der Waals surface area (Å²) in [5.74, 6) is 0.147. The van der Waals surface area contributed by atoms with E-state index in [0.717, 1.165) is 0 Å². The number of hydrogen-bond acceptors (Lipinski definition) is 8. The highest BCUT2D eigenvalue weighted by Gasteiger charge is 2.15. The molecule has 31 heavy (non-hydrogen) atoms. The Kier molecular flexibility index (Phi) is 8.43. The molecule has 0 saturated carbocycles. The van der Waals surface area contributed by atoms with E-state index in [1.54, 1.807) is 24.3 Å². The molecule has 11 heteroatoms. The van der Waals surface area contributed by atoms with Crippen LogP contribution >= 0.6 is 0 Å². The van der Waals surface area contributed by atoms with E-state index in [9.17, 15) is 14.4 Å². The predicted octanol–water partition coefficient (Wildman–Crippen LogP) is 4.47. The van der Waals surface area contributed by atoms with E-state index in [4.69, 9.17) is 4.74 Å². The Balaban J connectivity index is 2.33. The molecule has 0 fully saturated rings. The van der Waals surface area contributed by atoms with Crippen molar-refractivity contribution in [1.82, 2.24) is 9.88 Å². The highest BCUT2D eigenvalue weighted by Crippen LogP contribution is 2.32. The molecule has 164 valence electrons. The largest absolute Gasteiger partial charge is 0.453 e. The summed E-state index contributed by atoms with van der Waals surface area (Å²) >= 11 is 0. The molecule has 0 saturated heterocycles. The molecule has 11 nitrogen and oxygen atoms in total. The summed E-state index contributed by atoms with van der Waals surface area (Å²) in [7, 11) is 1.20. The maximum atomic E-state index is 12.3. The fourth-order valence-electron chi connectivity index (χ4n) is 2.40. The third-order valence-corrected chi connectivity index (χ3v) is 3.93. The molecular weight excluding hydrogens is 404 g/mol. The van der Waals surface area contributed by atoms with Gasteiger partial charge in [0, 0.05) is 20.0 Å². The van der Waals surface area contributed by atoms with Crippen LogP contribution in [-0.2, 0) is 9.53 Å². The van der Waals surface area contributed by atoms with Gasteiger partial charge in [0.2, 0.25) is 5.91 Å². The van der Waals surface area contributed by atoms with Crippen molar-refractivity contribution in [2.75, 3.05) is 30.8 Å². The van der Waals surface area contributed by atoms with E-state index >= 15 is 0 Å². The van der Waals surface area contributed by atoms with Crippen LogP contribution in [0.2, 0.25) is 0 Å². The minimum atomic E-state index is -0.766. The number of nitrogens with one attached hydrogen (secondary N) is 2. The molecule has 2 rings (SSSR count). The van der Waals surface area contributed by atoms with E-state index in [1.807, 2.05) is 13.8 Å². The first kappa shape index (κ1) is 23.3. The monoisotopic (exact) mass is 428 g/mol. The molecule has 0 unspecified atom stereocenters. The number of azo groups is 1. The van der Waals surface area contributed by atoms with Crippen LogP contribution in [0.4, 0.5) is 32.6 Å². The number of hydrogen-bond donors (Lipinski definition) is 2. The minimum Gasteiger partial charge on any atom is -0.453 e. The van der Waals surface area contributed by atoms with E-state index in [-0.39, 0.29) is 29.0 Å². The van der Waals surface area contributed by atoms with Gasteiger partial charge in [-0.25, -0.2) is 14.6 Å². The van der Waals surface area contributed by atoms with Crippen LogP contribution in [0.1, 0.15) is 20.8 Å². The maximum absolute atomic E-state index is 12.3. The number of amides is 3. The Bertz CT molecular complexity index is 974. The molecule has 2 N–H and O–H groups in total. The van der Waals surface area contributed by atoms with Crippen molar-refractivity contribution < 1.29 is 23.9 Å². The Labute approximate surface area is 179 Å². The zero-order valence-electron chi connectivity index (χ0n) is 17.7. The second-order valence-corrected chi connectivity index (χ2v) is 6.07. The molecule has 0 atom stereocenters. The zero-order chi connectivity index (χ0) is 22.8. The van der Waals surface area contributed by atoms with Crippen molar-refractivity contribution >= 4 is 41.1 Å². The van der Waals surface area contributed by atoms with Gasteiger partial charge in [-0.3, -0.25) is 10.1 Å². The molecule has 3 amide bonds. The summed E-state index contributed by atoms with van der Waals surface area (Å²) in [4.78, 5) is 40.8. The fraction of sp³-hybridized carbons (Fsp3) is 0.300. The molecule has 0 aliphatic heterocycles. The topological polar surface area (TPSA) is 135 Å². The normalized spacial score (nSPS) is 10.5. The van der Waals surface area contributed by atoms with Crippen LogP contribution in [0.25, 0.3) is 0 Å². The van der Waals surface area contributed by atoms with Crippen molar-refractivity contribution in [3.8, 4) is 5.75 Å². The van der Waals surface area contributed by atoms with Crippen molar-refractivity contribution in [2.24, 2.45) is 10.2 Å². The highest BCUT2D eigenvalue weighted by atomic mass is 16.6. The molecule has 0 spiro atoms. The van der Waals surface area contributed by atoms with Crippen molar-refractivity contribution in [3.63, 3.8) is 0 Å². The number of rotatable bonds is 7. The Morgan fingerprint density at radius 3 is 2.32 bits per heavy atom. The molecular formula is C20H24N6O5. The molecule has 2 aromatic rings. The van der Waals surface area contributed by atoms with E-state index < -0.39 is 12.2 Å². The number of anilines is 2. The predicted molar refractivity (Wildman–Crippen MR) is 114 cm³/mol. The zero-order valence-corrected chi connectivity index (χ0v) is 17.7. The van der Waals surface area contributed by atoms with Crippen LogP contribution in [0, 0.1) is 0 Å². The van der Waals surface area contributed by atoms with Gasteiger partial charge in [0.25, 0.3) is 0 Å².